The normalized spacial score (nSPS) is 10.4. The van der Waals surface area contributed by atoms with Crippen molar-refractivity contribution < 1.29 is 14.3 Å². The third kappa shape index (κ3) is 6.94. The lowest BCUT2D eigenvalue weighted by Crippen LogP contribution is -2.06. The number of benzene rings is 1. The summed E-state index contributed by atoms with van der Waals surface area (Å²) in [6, 6.07) is 7.56. The van der Waals surface area contributed by atoms with Crippen molar-refractivity contribution in [1.82, 2.24) is 0 Å². The van der Waals surface area contributed by atoms with E-state index in [2.05, 4.69) is 5.32 Å². The van der Waals surface area contributed by atoms with Crippen molar-refractivity contribution in [3.8, 4) is 0 Å². The van der Waals surface area contributed by atoms with Gasteiger partial charge in [-0.2, -0.15) is 0 Å². The van der Waals surface area contributed by atoms with E-state index in [1.54, 1.807) is 14.0 Å². The molecule has 19 heavy (non-hydrogen) atoms. The molecule has 4 heteroatoms. The zero-order valence-corrected chi connectivity index (χ0v) is 11.8. The summed E-state index contributed by atoms with van der Waals surface area (Å²) < 4.78 is 10.3. The lowest BCUT2D eigenvalue weighted by molar-refractivity contribution is 0.0691. The Morgan fingerprint density at radius 1 is 1.11 bits per heavy atom. The number of carbonyl (C=O) groups excluding carboxylic acids is 1. The Balaban J connectivity index is 2.07. The first-order chi connectivity index (χ1) is 9.24. The molecule has 0 saturated heterocycles. The molecule has 1 aromatic rings. The number of hydrogen-bond acceptors (Lipinski definition) is 4. The molecule has 0 aliphatic carbocycles. The molecule has 1 N–H and O–H groups in total. The third-order valence-corrected chi connectivity index (χ3v) is 2.77. The largest absolute Gasteiger partial charge is 0.385 e. The topological polar surface area (TPSA) is 47.6 Å². The fraction of sp³-hybridized carbons (Fsp3) is 0.533. The summed E-state index contributed by atoms with van der Waals surface area (Å²) in [7, 11) is 1.67. The first kappa shape index (κ1) is 15.7. The summed E-state index contributed by atoms with van der Waals surface area (Å²) in [5, 5.41) is 3.32. The summed E-state index contributed by atoms with van der Waals surface area (Å²) in [5.74, 6) is 0.0970. The Hall–Kier alpha value is -1.39. The number of rotatable bonds is 10. The Morgan fingerprint density at radius 3 is 2.47 bits per heavy atom. The van der Waals surface area contributed by atoms with Crippen molar-refractivity contribution in [3.63, 3.8) is 0 Å². The SMILES string of the molecule is COCCOCCCCNc1ccc(C(C)=O)cc1. The number of nitrogens with one attached hydrogen (secondary N) is 1. The Kier molecular flexibility index (Phi) is 7.86. The average Bonchev–Trinajstić information content (AvgIpc) is 2.42. The highest BCUT2D eigenvalue weighted by atomic mass is 16.5. The summed E-state index contributed by atoms with van der Waals surface area (Å²) in [5.41, 5.74) is 1.79. The molecule has 0 fully saturated rings. The predicted molar refractivity (Wildman–Crippen MR) is 76.9 cm³/mol. The minimum absolute atomic E-state index is 0.0970. The highest BCUT2D eigenvalue weighted by molar-refractivity contribution is 5.94. The molecule has 1 aromatic carbocycles. The molecule has 0 aromatic heterocycles. The maximum atomic E-state index is 11.1. The van der Waals surface area contributed by atoms with Crippen molar-refractivity contribution >= 4 is 11.5 Å². The van der Waals surface area contributed by atoms with E-state index < -0.39 is 0 Å². The van der Waals surface area contributed by atoms with Crippen LogP contribution in [0.3, 0.4) is 0 Å². The lowest BCUT2D eigenvalue weighted by Gasteiger charge is -2.07. The van der Waals surface area contributed by atoms with Crippen LogP contribution in [0.25, 0.3) is 0 Å². The third-order valence-electron chi connectivity index (χ3n) is 2.77. The molecule has 0 bridgehead atoms. The number of hydrogen-bond donors (Lipinski definition) is 1. The number of Topliss-reactive ketones (excluding diaryl/α,β-unsaturated/α-hetero) is 1. The van der Waals surface area contributed by atoms with Gasteiger partial charge in [-0.15, -0.1) is 0 Å². The van der Waals surface area contributed by atoms with E-state index in [-0.39, 0.29) is 5.78 Å². The quantitative estimate of drug-likeness (QED) is 0.522. The van der Waals surface area contributed by atoms with Crippen LogP contribution in [0, 0.1) is 0 Å². The maximum Gasteiger partial charge on any atom is 0.159 e. The van der Waals surface area contributed by atoms with E-state index in [0.29, 0.717) is 13.2 Å². The fourth-order valence-corrected chi connectivity index (χ4v) is 1.63. The van der Waals surface area contributed by atoms with Gasteiger partial charge in [-0.05, 0) is 44.0 Å². The van der Waals surface area contributed by atoms with Crippen LogP contribution in [-0.2, 0) is 9.47 Å². The van der Waals surface area contributed by atoms with Gasteiger partial charge >= 0.3 is 0 Å². The first-order valence-corrected chi connectivity index (χ1v) is 6.65. The van der Waals surface area contributed by atoms with Crippen LogP contribution in [0.5, 0.6) is 0 Å². The van der Waals surface area contributed by atoms with Gasteiger partial charge in [0.1, 0.15) is 0 Å². The molecule has 0 unspecified atom stereocenters. The zero-order chi connectivity index (χ0) is 13.9. The Bertz CT molecular complexity index is 362. The second-order valence-electron chi connectivity index (χ2n) is 4.37. The van der Waals surface area contributed by atoms with Gasteiger partial charge in [-0.25, -0.2) is 0 Å². The molecule has 0 radical (unpaired) electrons. The van der Waals surface area contributed by atoms with Crippen LogP contribution in [0.1, 0.15) is 30.1 Å². The smallest absolute Gasteiger partial charge is 0.159 e. The Labute approximate surface area is 115 Å². The molecule has 0 spiro atoms. The van der Waals surface area contributed by atoms with Gasteiger partial charge in [-0.1, -0.05) is 0 Å². The van der Waals surface area contributed by atoms with Crippen LogP contribution in [0.2, 0.25) is 0 Å². The number of carbonyl (C=O) groups is 1. The molecular formula is C15H23NO3. The predicted octanol–water partition coefficient (Wildman–Crippen LogP) is 2.74. The number of ketones is 1. The van der Waals surface area contributed by atoms with Crippen LogP contribution in [0.4, 0.5) is 5.69 Å². The van der Waals surface area contributed by atoms with Gasteiger partial charge in [0.05, 0.1) is 13.2 Å². The van der Waals surface area contributed by atoms with E-state index in [1.165, 1.54) is 0 Å². The number of unbranched alkanes of at least 4 members (excludes halogenated alkanes) is 1. The fourth-order valence-electron chi connectivity index (χ4n) is 1.63. The molecule has 0 saturated carbocycles. The van der Waals surface area contributed by atoms with Crippen molar-refractivity contribution in [1.29, 1.82) is 0 Å². The van der Waals surface area contributed by atoms with Crippen molar-refractivity contribution in [2.24, 2.45) is 0 Å². The van der Waals surface area contributed by atoms with Crippen LogP contribution in [-0.4, -0.2) is 39.3 Å². The number of ether oxygens (including phenoxy) is 2. The van der Waals surface area contributed by atoms with E-state index >= 15 is 0 Å². The molecular weight excluding hydrogens is 242 g/mol. The molecule has 0 aliphatic heterocycles. The van der Waals surface area contributed by atoms with Gasteiger partial charge < -0.3 is 14.8 Å². The van der Waals surface area contributed by atoms with Crippen LogP contribution in [0.15, 0.2) is 24.3 Å². The second kappa shape index (κ2) is 9.53. The number of anilines is 1. The summed E-state index contributed by atoms with van der Waals surface area (Å²) in [6.45, 7) is 4.57. The first-order valence-electron chi connectivity index (χ1n) is 6.65. The summed E-state index contributed by atoms with van der Waals surface area (Å²) in [6.07, 6.45) is 2.09. The molecule has 1 rings (SSSR count). The lowest BCUT2D eigenvalue weighted by atomic mass is 10.1. The van der Waals surface area contributed by atoms with Gasteiger partial charge in [0.15, 0.2) is 5.78 Å². The minimum atomic E-state index is 0.0970. The molecule has 4 nitrogen and oxygen atoms in total. The standard InChI is InChI=1S/C15H23NO3/c1-13(17)14-5-7-15(8-6-14)16-9-3-4-10-19-12-11-18-2/h5-8,16H,3-4,9-12H2,1-2H3. The molecule has 106 valence electrons. The van der Waals surface area contributed by atoms with Gasteiger partial charge in [0.2, 0.25) is 0 Å². The van der Waals surface area contributed by atoms with Gasteiger partial charge in [0.25, 0.3) is 0 Å². The van der Waals surface area contributed by atoms with E-state index in [4.69, 9.17) is 9.47 Å². The molecule has 0 amide bonds. The van der Waals surface area contributed by atoms with Crippen molar-refractivity contribution in [2.45, 2.75) is 19.8 Å². The van der Waals surface area contributed by atoms with E-state index in [9.17, 15) is 4.79 Å². The summed E-state index contributed by atoms with van der Waals surface area (Å²) >= 11 is 0. The van der Waals surface area contributed by atoms with Gasteiger partial charge in [-0.3, -0.25) is 4.79 Å². The Morgan fingerprint density at radius 2 is 1.84 bits per heavy atom. The maximum absolute atomic E-state index is 11.1. The van der Waals surface area contributed by atoms with Gasteiger partial charge in [0, 0.05) is 31.5 Å². The van der Waals surface area contributed by atoms with E-state index in [0.717, 1.165) is 37.2 Å². The highest BCUT2D eigenvalue weighted by Crippen LogP contribution is 2.10. The average molecular weight is 265 g/mol. The monoisotopic (exact) mass is 265 g/mol. The zero-order valence-electron chi connectivity index (χ0n) is 11.8. The van der Waals surface area contributed by atoms with Crippen molar-refractivity contribution in [2.75, 3.05) is 38.8 Å². The molecule has 0 heterocycles. The highest BCUT2D eigenvalue weighted by Gasteiger charge is 1.98. The molecule has 0 aliphatic rings. The van der Waals surface area contributed by atoms with Crippen LogP contribution < -0.4 is 5.32 Å². The molecule has 0 atom stereocenters. The second-order valence-corrected chi connectivity index (χ2v) is 4.37. The van der Waals surface area contributed by atoms with Crippen molar-refractivity contribution in [3.05, 3.63) is 29.8 Å². The minimum Gasteiger partial charge on any atom is -0.385 e. The van der Waals surface area contributed by atoms with Crippen LogP contribution >= 0.6 is 0 Å². The number of methoxy groups -OCH3 is 1. The van der Waals surface area contributed by atoms with E-state index in [1.807, 2.05) is 24.3 Å². The summed E-state index contributed by atoms with van der Waals surface area (Å²) in [4.78, 5) is 11.1.